The summed E-state index contributed by atoms with van der Waals surface area (Å²) in [6.07, 6.45) is 3.72. The zero-order valence-electron chi connectivity index (χ0n) is 14.9. The SMILES string of the molecule is Cc1cc(-c2nc(C3(N)CCCC3)no2)nc2c1c(=O)n(C)c(=O)n2C. The van der Waals surface area contributed by atoms with Gasteiger partial charge in [0, 0.05) is 14.1 Å². The van der Waals surface area contributed by atoms with Gasteiger partial charge in [-0.25, -0.2) is 9.78 Å². The molecule has 1 aliphatic rings. The summed E-state index contributed by atoms with van der Waals surface area (Å²) in [4.78, 5) is 33.5. The summed E-state index contributed by atoms with van der Waals surface area (Å²) in [7, 11) is 3.02. The monoisotopic (exact) mass is 356 g/mol. The fourth-order valence-corrected chi connectivity index (χ4v) is 3.60. The number of fused-ring (bicyclic) bond motifs is 1. The molecule has 0 radical (unpaired) electrons. The molecule has 136 valence electrons. The van der Waals surface area contributed by atoms with Crippen LogP contribution in [0.3, 0.4) is 0 Å². The highest BCUT2D eigenvalue weighted by molar-refractivity contribution is 5.80. The molecule has 26 heavy (non-hydrogen) atoms. The molecule has 9 heteroatoms. The number of nitrogens with two attached hydrogens (primary N) is 1. The first-order valence-electron chi connectivity index (χ1n) is 8.52. The van der Waals surface area contributed by atoms with E-state index < -0.39 is 11.2 Å². The summed E-state index contributed by atoms with van der Waals surface area (Å²) in [5, 5.41) is 4.43. The standard InChI is InChI=1S/C17H20N6O3/c1-9-8-10(13-20-15(21-26-13)17(18)6-4-5-7-17)19-12-11(9)14(24)23(3)16(25)22(12)2/h8H,4-7,18H2,1-3H3. The fraction of sp³-hybridized carbons (Fsp3) is 0.471. The van der Waals surface area contributed by atoms with Crippen LogP contribution in [0.4, 0.5) is 0 Å². The van der Waals surface area contributed by atoms with Gasteiger partial charge in [-0.1, -0.05) is 18.0 Å². The highest BCUT2D eigenvalue weighted by Gasteiger charge is 2.36. The number of hydrogen-bond donors (Lipinski definition) is 1. The van der Waals surface area contributed by atoms with Gasteiger partial charge < -0.3 is 10.3 Å². The van der Waals surface area contributed by atoms with Gasteiger partial charge in [0.1, 0.15) is 11.3 Å². The quantitative estimate of drug-likeness (QED) is 0.718. The van der Waals surface area contributed by atoms with E-state index in [2.05, 4.69) is 15.1 Å². The zero-order valence-corrected chi connectivity index (χ0v) is 14.9. The lowest BCUT2D eigenvalue weighted by atomic mass is 9.99. The van der Waals surface area contributed by atoms with Crippen molar-refractivity contribution in [2.24, 2.45) is 19.8 Å². The van der Waals surface area contributed by atoms with Gasteiger partial charge >= 0.3 is 5.69 Å². The van der Waals surface area contributed by atoms with Crippen LogP contribution in [0, 0.1) is 6.92 Å². The van der Waals surface area contributed by atoms with Crippen molar-refractivity contribution >= 4 is 11.0 Å². The van der Waals surface area contributed by atoms with Crippen LogP contribution >= 0.6 is 0 Å². The van der Waals surface area contributed by atoms with Gasteiger partial charge in [0.15, 0.2) is 5.82 Å². The first kappa shape index (κ1) is 16.6. The van der Waals surface area contributed by atoms with E-state index in [0.717, 1.165) is 30.3 Å². The second-order valence-corrected chi connectivity index (χ2v) is 7.02. The maximum absolute atomic E-state index is 12.4. The molecule has 2 N–H and O–H groups in total. The lowest BCUT2D eigenvalue weighted by Crippen LogP contribution is -2.37. The maximum Gasteiger partial charge on any atom is 0.332 e. The Morgan fingerprint density at radius 2 is 1.85 bits per heavy atom. The molecule has 0 saturated heterocycles. The zero-order chi connectivity index (χ0) is 18.6. The molecular formula is C17H20N6O3. The third-order valence-electron chi connectivity index (χ3n) is 5.19. The van der Waals surface area contributed by atoms with Gasteiger partial charge in [-0.05, 0) is 31.4 Å². The summed E-state index contributed by atoms with van der Waals surface area (Å²) in [5.74, 6) is 0.706. The molecule has 0 bridgehead atoms. The summed E-state index contributed by atoms with van der Waals surface area (Å²) in [6, 6.07) is 1.71. The largest absolute Gasteiger partial charge is 0.332 e. The second kappa shape index (κ2) is 5.60. The molecule has 0 aliphatic heterocycles. The molecule has 1 saturated carbocycles. The Balaban J connectivity index is 1.90. The summed E-state index contributed by atoms with van der Waals surface area (Å²) < 4.78 is 7.79. The highest BCUT2D eigenvalue weighted by atomic mass is 16.5. The van der Waals surface area contributed by atoms with E-state index in [9.17, 15) is 9.59 Å². The minimum absolute atomic E-state index is 0.231. The molecule has 1 fully saturated rings. The molecule has 3 aromatic rings. The predicted molar refractivity (Wildman–Crippen MR) is 94.6 cm³/mol. The summed E-state index contributed by atoms with van der Waals surface area (Å²) in [5.41, 5.74) is 6.39. The molecule has 0 aromatic carbocycles. The number of pyridine rings is 1. The van der Waals surface area contributed by atoms with E-state index in [0.29, 0.717) is 22.5 Å². The van der Waals surface area contributed by atoms with Gasteiger partial charge in [0.25, 0.3) is 11.4 Å². The van der Waals surface area contributed by atoms with E-state index in [4.69, 9.17) is 10.3 Å². The van der Waals surface area contributed by atoms with Crippen LogP contribution in [0.2, 0.25) is 0 Å². The Labute approximate surface area is 148 Å². The van der Waals surface area contributed by atoms with Crippen LogP contribution in [0.25, 0.3) is 22.6 Å². The molecular weight excluding hydrogens is 336 g/mol. The van der Waals surface area contributed by atoms with Crippen molar-refractivity contribution in [3.8, 4) is 11.6 Å². The minimum Gasteiger partial charge on any atom is -0.332 e. The van der Waals surface area contributed by atoms with Crippen LogP contribution in [0.15, 0.2) is 20.2 Å². The van der Waals surface area contributed by atoms with E-state index >= 15 is 0 Å². The molecule has 0 amide bonds. The Bertz CT molecular complexity index is 1130. The Kier molecular flexibility index (Phi) is 3.58. The molecule has 3 aromatic heterocycles. The van der Waals surface area contributed by atoms with Gasteiger partial charge in [0.05, 0.1) is 10.9 Å². The van der Waals surface area contributed by atoms with Crippen molar-refractivity contribution in [2.45, 2.75) is 38.1 Å². The van der Waals surface area contributed by atoms with Crippen molar-refractivity contribution in [3.63, 3.8) is 0 Å². The van der Waals surface area contributed by atoms with Crippen molar-refractivity contribution in [2.75, 3.05) is 0 Å². The van der Waals surface area contributed by atoms with Crippen LogP contribution in [0.5, 0.6) is 0 Å². The van der Waals surface area contributed by atoms with Crippen molar-refractivity contribution < 1.29 is 4.52 Å². The van der Waals surface area contributed by atoms with Gasteiger partial charge in [-0.3, -0.25) is 13.9 Å². The van der Waals surface area contributed by atoms with Crippen LogP contribution < -0.4 is 17.0 Å². The second-order valence-electron chi connectivity index (χ2n) is 7.02. The fourth-order valence-electron chi connectivity index (χ4n) is 3.60. The van der Waals surface area contributed by atoms with Crippen molar-refractivity contribution in [3.05, 3.63) is 38.3 Å². The molecule has 9 nitrogen and oxygen atoms in total. The van der Waals surface area contributed by atoms with Crippen molar-refractivity contribution in [1.29, 1.82) is 0 Å². The maximum atomic E-state index is 12.4. The van der Waals surface area contributed by atoms with Gasteiger partial charge in [-0.2, -0.15) is 4.98 Å². The normalized spacial score (nSPS) is 16.5. The molecule has 1 aliphatic carbocycles. The predicted octanol–water partition coefficient (Wildman–Crippen LogP) is 0.719. The summed E-state index contributed by atoms with van der Waals surface area (Å²) in [6.45, 7) is 1.79. The van der Waals surface area contributed by atoms with Gasteiger partial charge in [-0.15, -0.1) is 0 Å². The molecule has 3 heterocycles. The van der Waals surface area contributed by atoms with Crippen molar-refractivity contribution in [1.82, 2.24) is 24.3 Å². The third-order valence-corrected chi connectivity index (χ3v) is 5.19. The van der Waals surface area contributed by atoms with E-state index in [1.807, 2.05) is 0 Å². The van der Waals surface area contributed by atoms with Crippen LogP contribution in [-0.4, -0.2) is 24.3 Å². The molecule has 0 spiro atoms. The average Bonchev–Trinajstić information content (AvgIpc) is 3.27. The number of aryl methyl sites for hydroxylation is 2. The van der Waals surface area contributed by atoms with E-state index in [-0.39, 0.29) is 17.1 Å². The Morgan fingerprint density at radius 3 is 2.54 bits per heavy atom. The minimum atomic E-state index is -0.559. The smallest absolute Gasteiger partial charge is 0.332 e. The number of hydrogen-bond acceptors (Lipinski definition) is 7. The highest BCUT2D eigenvalue weighted by Crippen LogP contribution is 2.35. The number of nitrogens with zero attached hydrogens (tertiary/aromatic N) is 5. The number of rotatable bonds is 2. The first-order chi connectivity index (χ1) is 12.3. The van der Waals surface area contributed by atoms with Gasteiger partial charge in [0.2, 0.25) is 0 Å². The first-order valence-corrected chi connectivity index (χ1v) is 8.52. The topological polar surface area (TPSA) is 122 Å². The van der Waals surface area contributed by atoms with E-state index in [1.54, 1.807) is 20.0 Å². The summed E-state index contributed by atoms with van der Waals surface area (Å²) >= 11 is 0. The Hall–Kier alpha value is -2.81. The lowest BCUT2D eigenvalue weighted by Gasteiger charge is -2.17. The lowest BCUT2D eigenvalue weighted by molar-refractivity contribution is 0.372. The number of aromatic nitrogens is 5. The third kappa shape index (κ3) is 2.31. The molecule has 0 atom stereocenters. The molecule has 0 unspecified atom stereocenters. The van der Waals surface area contributed by atoms with E-state index in [1.165, 1.54) is 11.6 Å². The molecule has 4 rings (SSSR count). The van der Waals surface area contributed by atoms with Crippen LogP contribution in [0.1, 0.15) is 37.1 Å². The van der Waals surface area contributed by atoms with Crippen LogP contribution in [-0.2, 0) is 19.6 Å². The Morgan fingerprint density at radius 1 is 1.15 bits per heavy atom. The average molecular weight is 356 g/mol.